The first-order valence-electron chi connectivity index (χ1n) is 4.23. The Morgan fingerprint density at radius 1 is 1.30 bits per heavy atom. The van der Waals surface area contributed by atoms with Gasteiger partial charge in [-0.05, 0) is 13.0 Å². The van der Waals surface area contributed by atoms with Crippen molar-refractivity contribution < 1.29 is 0 Å². The summed E-state index contributed by atoms with van der Waals surface area (Å²) in [5.74, 6) is 2.70. The van der Waals surface area contributed by atoms with Gasteiger partial charge in [-0.1, -0.05) is 13.3 Å². The van der Waals surface area contributed by atoms with Crippen LogP contribution in [0, 0.1) is 0 Å². The van der Waals surface area contributed by atoms with E-state index < -0.39 is 0 Å². The maximum atomic E-state index is 2.58. The van der Waals surface area contributed by atoms with Gasteiger partial charge >= 0.3 is 0 Å². The standard InChI is InChI=1S/C8H17NS/c1-2-3-4-9-5-7-10-8-6-9/h2-8H2,1H3. The molecule has 1 saturated heterocycles. The summed E-state index contributed by atoms with van der Waals surface area (Å²) in [6.07, 6.45) is 2.72. The zero-order valence-electron chi connectivity index (χ0n) is 6.81. The maximum Gasteiger partial charge on any atom is 0.00727 e. The SMILES string of the molecule is CCCCN1CCSCC1. The van der Waals surface area contributed by atoms with Gasteiger partial charge in [-0.15, -0.1) is 0 Å². The van der Waals surface area contributed by atoms with E-state index in [4.69, 9.17) is 0 Å². The van der Waals surface area contributed by atoms with Crippen molar-refractivity contribution in [2.24, 2.45) is 0 Å². The van der Waals surface area contributed by atoms with Crippen LogP contribution >= 0.6 is 11.8 Å². The third-order valence-electron chi connectivity index (χ3n) is 1.93. The Hall–Kier alpha value is 0.310. The predicted octanol–water partition coefficient (Wildman–Crippen LogP) is 1.84. The summed E-state index contributed by atoms with van der Waals surface area (Å²) in [5, 5.41) is 0. The molecule has 1 fully saturated rings. The van der Waals surface area contributed by atoms with E-state index in [1.807, 2.05) is 0 Å². The molecule has 0 atom stereocenters. The molecular weight excluding hydrogens is 142 g/mol. The predicted molar refractivity (Wildman–Crippen MR) is 48.7 cm³/mol. The number of nitrogens with zero attached hydrogens (tertiary/aromatic N) is 1. The van der Waals surface area contributed by atoms with E-state index in [2.05, 4.69) is 23.6 Å². The van der Waals surface area contributed by atoms with E-state index in [0.29, 0.717) is 0 Å². The Labute approximate surface area is 68.2 Å². The molecule has 0 unspecified atom stereocenters. The van der Waals surface area contributed by atoms with Crippen molar-refractivity contribution >= 4 is 11.8 Å². The normalized spacial score (nSPS) is 21.3. The zero-order chi connectivity index (χ0) is 7.23. The van der Waals surface area contributed by atoms with Crippen LogP contribution in [0.5, 0.6) is 0 Å². The second-order valence-electron chi connectivity index (χ2n) is 2.81. The molecule has 60 valence electrons. The van der Waals surface area contributed by atoms with Crippen LogP contribution < -0.4 is 0 Å². The van der Waals surface area contributed by atoms with Crippen LogP contribution in [0.25, 0.3) is 0 Å². The molecule has 0 saturated carbocycles. The van der Waals surface area contributed by atoms with Gasteiger partial charge in [0, 0.05) is 24.6 Å². The lowest BCUT2D eigenvalue weighted by atomic mass is 10.3. The molecule has 0 bridgehead atoms. The lowest BCUT2D eigenvalue weighted by Crippen LogP contribution is -2.33. The molecule has 0 amide bonds. The van der Waals surface area contributed by atoms with Crippen molar-refractivity contribution in [2.75, 3.05) is 31.1 Å². The van der Waals surface area contributed by atoms with Crippen LogP contribution in [-0.4, -0.2) is 36.0 Å². The summed E-state index contributed by atoms with van der Waals surface area (Å²) in [5.41, 5.74) is 0. The minimum Gasteiger partial charge on any atom is -0.302 e. The number of rotatable bonds is 3. The lowest BCUT2D eigenvalue weighted by molar-refractivity contribution is 0.297. The molecule has 0 aromatic carbocycles. The highest BCUT2D eigenvalue weighted by molar-refractivity contribution is 7.99. The summed E-state index contributed by atoms with van der Waals surface area (Å²) in [7, 11) is 0. The second-order valence-corrected chi connectivity index (χ2v) is 4.03. The fourth-order valence-electron chi connectivity index (χ4n) is 1.21. The summed E-state index contributed by atoms with van der Waals surface area (Å²) in [4.78, 5) is 2.58. The Balaban J connectivity index is 2.02. The molecule has 1 nitrogen and oxygen atoms in total. The molecule has 1 heterocycles. The first-order chi connectivity index (χ1) is 4.93. The molecule has 1 rings (SSSR count). The highest BCUT2D eigenvalue weighted by Gasteiger charge is 2.07. The van der Waals surface area contributed by atoms with E-state index in [1.54, 1.807) is 0 Å². The fourth-order valence-corrected chi connectivity index (χ4v) is 2.19. The molecule has 0 aliphatic carbocycles. The average Bonchev–Trinajstić information content (AvgIpc) is 2.03. The number of hydrogen-bond acceptors (Lipinski definition) is 2. The fraction of sp³-hybridized carbons (Fsp3) is 1.00. The van der Waals surface area contributed by atoms with Crippen LogP contribution in [0.3, 0.4) is 0 Å². The maximum absolute atomic E-state index is 2.58. The number of unbranched alkanes of at least 4 members (excludes halogenated alkanes) is 1. The molecule has 0 spiro atoms. The van der Waals surface area contributed by atoms with Gasteiger partial charge < -0.3 is 4.90 Å². The van der Waals surface area contributed by atoms with Crippen molar-refractivity contribution in [2.45, 2.75) is 19.8 Å². The van der Waals surface area contributed by atoms with Crippen LogP contribution in [0.15, 0.2) is 0 Å². The van der Waals surface area contributed by atoms with Gasteiger partial charge in [0.05, 0.1) is 0 Å². The van der Waals surface area contributed by atoms with E-state index in [0.717, 1.165) is 0 Å². The van der Waals surface area contributed by atoms with Crippen molar-refractivity contribution in [3.05, 3.63) is 0 Å². The summed E-state index contributed by atoms with van der Waals surface area (Å²) in [6.45, 7) is 6.24. The van der Waals surface area contributed by atoms with Gasteiger partial charge in [0.1, 0.15) is 0 Å². The molecule has 2 heteroatoms. The summed E-state index contributed by atoms with van der Waals surface area (Å²) < 4.78 is 0. The Morgan fingerprint density at radius 2 is 2.00 bits per heavy atom. The molecule has 0 radical (unpaired) electrons. The van der Waals surface area contributed by atoms with Crippen LogP contribution in [0.2, 0.25) is 0 Å². The van der Waals surface area contributed by atoms with Gasteiger partial charge in [-0.3, -0.25) is 0 Å². The zero-order valence-corrected chi connectivity index (χ0v) is 7.62. The minimum absolute atomic E-state index is 1.32. The van der Waals surface area contributed by atoms with Crippen LogP contribution in [0.4, 0.5) is 0 Å². The quantitative estimate of drug-likeness (QED) is 0.618. The minimum atomic E-state index is 1.32. The van der Waals surface area contributed by atoms with Crippen molar-refractivity contribution in [1.29, 1.82) is 0 Å². The summed E-state index contributed by atoms with van der Waals surface area (Å²) in [6, 6.07) is 0. The van der Waals surface area contributed by atoms with E-state index in [-0.39, 0.29) is 0 Å². The van der Waals surface area contributed by atoms with Gasteiger partial charge in [-0.25, -0.2) is 0 Å². The summed E-state index contributed by atoms with van der Waals surface area (Å²) >= 11 is 2.09. The largest absolute Gasteiger partial charge is 0.302 e. The van der Waals surface area contributed by atoms with Crippen LogP contribution in [0.1, 0.15) is 19.8 Å². The van der Waals surface area contributed by atoms with Crippen LogP contribution in [-0.2, 0) is 0 Å². The van der Waals surface area contributed by atoms with Crippen molar-refractivity contribution in [3.63, 3.8) is 0 Å². The molecule has 1 aliphatic rings. The number of thioether (sulfide) groups is 1. The van der Waals surface area contributed by atoms with E-state index in [1.165, 1.54) is 44.0 Å². The first-order valence-corrected chi connectivity index (χ1v) is 5.39. The Bertz CT molecular complexity index is 79.3. The van der Waals surface area contributed by atoms with E-state index in [9.17, 15) is 0 Å². The number of hydrogen-bond donors (Lipinski definition) is 0. The van der Waals surface area contributed by atoms with Gasteiger partial charge in [-0.2, -0.15) is 11.8 Å². The van der Waals surface area contributed by atoms with Gasteiger partial charge in [0.15, 0.2) is 0 Å². The highest BCUT2D eigenvalue weighted by Crippen LogP contribution is 2.09. The van der Waals surface area contributed by atoms with Gasteiger partial charge in [0.25, 0.3) is 0 Å². The second kappa shape index (κ2) is 5.03. The molecule has 10 heavy (non-hydrogen) atoms. The molecule has 1 aliphatic heterocycles. The Kier molecular flexibility index (Phi) is 4.23. The highest BCUT2D eigenvalue weighted by atomic mass is 32.2. The monoisotopic (exact) mass is 159 g/mol. The van der Waals surface area contributed by atoms with Crippen molar-refractivity contribution in [3.8, 4) is 0 Å². The smallest absolute Gasteiger partial charge is 0.00727 e. The lowest BCUT2D eigenvalue weighted by Gasteiger charge is -2.25. The molecule has 0 aromatic heterocycles. The third kappa shape index (κ3) is 2.93. The van der Waals surface area contributed by atoms with E-state index >= 15 is 0 Å². The average molecular weight is 159 g/mol. The molecule has 0 aromatic rings. The topological polar surface area (TPSA) is 3.24 Å². The molecular formula is C8H17NS. The van der Waals surface area contributed by atoms with Crippen molar-refractivity contribution in [1.82, 2.24) is 4.90 Å². The first kappa shape index (κ1) is 8.41. The Morgan fingerprint density at radius 3 is 2.60 bits per heavy atom. The molecule has 0 N–H and O–H groups in total. The van der Waals surface area contributed by atoms with Gasteiger partial charge in [0.2, 0.25) is 0 Å². The third-order valence-corrected chi connectivity index (χ3v) is 2.87.